The molecular weight excluding hydrogens is 604 g/mol. The molecule has 0 aliphatic rings. The van der Waals surface area contributed by atoms with Gasteiger partial charge in [-0.2, -0.15) is 0 Å². The highest BCUT2D eigenvalue weighted by Crippen LogP contribution is 2.09. The van der Waals surface area contributed by atoms with Gasteiger partial charge >= 0.3 is 5.97 Å². The summed E-state index contributed by atoms with van der Waals surface area (Å²) in [5.41, 5.74) is 0. The van der Waals surface area contributed by atoms with Gasteiger partial charge in [0, 0.05) is 13.0 Å². The van der Waals surface area contributed by atoms with Gasteiger partial charge in [0.05, 0.1) is 13.2 Å². The van der Waals surface area contributed by atoms with Crippen molar-refractivity contribution < 1.29 is 19.4 Å². The molecule has 1 atom stereocenters. The average molecular weight is 677 g/mol. The summed E-state index contributed by atoms with van der Waals surface area (Å²) in [5.74, 6) is -0.268. The van der Waals surface area contributed by atoms with Crippen molar-refractivity contribution in [2.45, 2.75) is 148 Å². The second kappa shape index (κ2) is 41.2. The number of hydrogen-bond donors (Lipinski definition) is 1. The number of rotatable bonds is 34. The lowest BCUT2D eigenvalue weighted by molar-refractivity contribution is -0.154. The summed E-state index contributed by atoms with van der Waals surface area (Å²) in [6, 6.07) is 0. The topological polar surface area (TPSA) is 55.8 Å². The Morgan fingerprint density at radius 2 is 0.918 bits per heavy atom. The second-order valence-electron chi connectivity index (χ2n) is 12.3. The van der Waals surface area contributed by atoms with Crippen LogP contribution in [0.3, 0.4) is 0 Å². The Hall–Kier alpha value is -2.95. The van der Waals surface area contributed by atoms with Crippen molar-refractivity contribution >= 4 is 5.97 Å². The Balaban J connectivity index is 3.66. The molecule has 0 aromatic rings. The smallest absolute Gasteiger partial charge is 0.306 e. The Morgan fingerprint density at radius 3 is 1.39 bits per heavy atom. The molecule has 49 heavy (non-hydrogen) atoms. The molecule has 0 fully saturated rings. The number of unbranched alkanes of at least 4 members (excludes halogenated alkanes) is 8. The molecule has 0 bridgehead atoms. The van der Waals surface area contributed by atoms with Crippen LogP contribution in [0.15, 0.2) is 109 Å². The first-order valence-corrected chi connectivity index (χ1v) is 19.5. The van der Waals surface area contributed by atoms with E-state index in [1.807, 2.05) is 0 Å². The van der Waals surface area contributed by atoms with Gasteiger partial charge in [0.2, 0.25) is 0 Å². The Morgan fingerprint density at radius 1 is 0.510 bits per heavy atom. The zero-order valence-corrected chi connectivity index (χ0v) is 31.4. The number of esters is 1. The molecule has 0 saturated carbocycles. The SMILES string of the molecule is CC/C=C\C/C=C\C/C=C\C/C=C\C/C=C\C/C=C\C/C=C\CCCC(=O)OC(CO)COCCCCCCCC/C=C\C/C=C\CCC. The number of carbonyl (C=O) groups is 1. The van der Waals surface area contributed by atoms with E-state index in [1.54, 1.807) is 0 Å². The lowest BCUT2D eigenvalue weighted by Gasteiger charge is -2.15. The number of hydrogen-bond acceptors (Lipinski definition) is 4. The Kier molecular flexibility index (Phi) is 38.7. The molecule has 0 rings (SSSR count). The molecule has 1 unspecified atom stereocenters. The second-order valence-corrected chi connectivity index (χ2v) is 12.3. The van der Waals surface area contributed by atoms with Gasteiger partial charge in [-0.3, -0.25) is 4.79 Å². The highest BCUT2D eigenvalue weighted by atomic mass is 16.6. The summed E-state index contributed by atoms with van der Waals surface area (Å²) in [7, 11) is 0. The number of carbonyl (C=O) groups excluding carboxylic acids is 1. The maximum Gasteiger partial charge on any atom is 0.306 e. The monoisotopic (exact) mass is 677 g/mol. The predicted molar refractivity (Wildman–Crippen MR) is 214 cm³/mol. The van der Waals surface area contributed by atoms with E-state index in [-0.39, 0.29) is 19.2 Å². The quantitative estimate of drug-likeness (QED) is 0.0419. The first-order valence-electron chi connectivity index (χ1n) is 19.5. The number of aliphatic hydroxyl groups excluding tert-OH is 1. The predicted octanol–water partition coefficient (Wildman–Crippen LogP) is 12.8. The molecule has 0 aliphatic carbocycles. The molecule has 4 nitrogen and oxygen atoms in total. The van der Waals surface area contributed by atoms with Crippen LogP contribution in [0.4, 0.5) is 0 Å². The highest BCUT2D eigenvalue weighted by molar-refractivity contribution is 5.69. The molecule has 1 N–H and O–H groups in total. The summed E-state index contributed by atoms with van der Waals surface area (Å²) >= 11 is 0. The molecule has 0 heterocycles. The molecule has 0 aromatic heterocycles. The zero-order valence-electron chi connectivity index (χ0n) is 31.4. The van der Waals surface area contributed by atoms with Crippen LogP contribution in [0.1, 0.15) is 142 Å². The summed E-state index contributed by atoms with van der Waals surface area (Å²) in [6.45, 7) is 5.06. The van der Waals surface area contributed by atoms with Gasteiger partial charge < -0.3 is 14.6 Å². The first-order chi connectivity index (χ1) is 24.2. The molecule has 0 aromatic carbocycles. The highest BCUT2D eigenvalue weighted by Gasteiger charge is 2.13. The van der Waals surface area contributed by atoms with E-state index < -0.39 is 6.10 Å². The van der Waals surface area contributed by atoms with E-state index in [1.165, 1.54) is 44.9 Å². The average Bonchev–Trinajstić information content (AvgIpc) is 3.11. The number of ether oxygens (including phenoxy) is 2. The van der Waals surface area contributed by atoms with Crippen molar-refractivity contribution in [3.63, 3.8) is 0 Å². The largest absolute Gasteiger partial charge is 0.457 e. The van der Waals surface area contributed by atoms with E-state index in [2.05, 4.69) is 123 Å². The van der Waals surface area contributed by atoms with Gasteiger partial charge in [-0.05, 0) is 89.9 Å². The normalized spacial score (nSPS) is 13.6. The number of allylic oxidation sites excluding steroid dienone is 18. The molecular formula is C45H72O4. The fourth-order valence-electron chi connectivity index (χ4n) is 4.71. The van der Waals surface area contributed by atoms with Gasteiger partial charge in [0.1, 0.15) is 6.10 Å². The van der Waals surface area contributed by atoms with E-state index in [9.17, 15) is 9.90 Å². The van der Waals surface area contributed by atoms with Crippen LogP contribution in [-0.4, -0.2) is 37.0 Å². The fraction of sp³-hybridized carbons (Fsp3) is 0.578. The minimum atomic E-state index is -0.577. The van der Waals surface area contributed by atoms with E-state index in [4.69, 9.17) is 9.47 Å². The maximum atomic E-state index is 12.2. The standard InChI is InChI=1S/C45H72O4/c1-3-5-7-9-11-13-15-17-19-20-21-22-23-24-25-26-27-28-30-32-34-36-38-40-45(47)49-44(42-46)43-48-41-39-37-35-33-31-29-18-16-14-12-10-8-6-4-2/h5,7-8,10-11,13-14,16-17,19,21-22,24-25,27-28,32,34,44,46H,3-4,6,9,12,15,18,20,23,26,29-31,33,35-43H2,1-2H3/b7-5-,10-8-,13-11-,16-14-,19-17-,22-21-,25-24-,28-27-,34-32-. The summed E-state index contributed by atoms with van der Waals surface area (Å²) in [6.07, 6.45) is 59.9. The van der Waals surface area contributed by atoms with Crippen LogP contribution in [0.25, 0.3) is 0 Å². The Labute approximate surface area is 302 Å². The molecule has 0 radical (unpaired) electrons. The first kappa shape index (κ1) is 46.0. The molecule has 0 spiro atoms. The van der Waals surface area contributed by atoms with E-state index in [0.717, 1.165) is 77.0 Å². The molecule has 0 saturated heterocycles. The third-order valence-electron chi connectivity index (χ3n) is 7.56. The van der Waals surface area contributed by atoms with Gasteiger partial charge in [-0.15, -0.1) is 0 Å². The van der Waals surface area contributed by atoms with Crippen molar-refractivity contribution in [2.24, 2.45) is 0 Å². The maximum absolute atomic E-state index is 12.2. The third kappa shape index (κ3) is 39.4. The third-order valence-corrected chi connectivity index (χ3v) is 7.56. The van der Waals surface area contributed by atoms with Crippen LogP contribution in [0.5, 0.6) is 0 Å². The van der Waals surface area contributed by atoms with Crippen molar-refractivity contribution in [1.82, 2.24) is 0 Å². The molecule has 0 aliphatic heterocycles. The van der Waals surface area contributed by atoms with Gasteiger partial charge in [0.15, 0.2) is 0 Å². The van der Waals surface area contributed by atoms with Crippen LogP contribution < -0.4 is 0 Å². The number of aliphatic hydroxyl groups is 1. The molecule has 0 amide bonds. The van der Waals surface area contributed by atoms with Gasteiger partial charge in [0.25, 0.3) is 0 Å². The lowest BCUT2D eigenvalue weighted by atomic mass is 10.1. The Bertz CT molecular complexity index is 976. The van der Waals surface area contributed by atoms with Crippen molar-refractivity contribution in [2.75, 3.05) is 19.8 Å². The van der Waals surface area contributed by atoms with Crippen LogP contribution in [0.2, 0.25) is 0 Å². The lowest BCUT2D eigenvalue weighted by Crippen LogP contribution is -2.27. The summed E-state index contributed by atoms with van der Waals surface area (Å²) in [5, 5.41) is 9.56. The van der Waals surface area contributed by atoms with E-state index in [0.29, 0.717) is 13.0 Å². The summed E-state index contributed by atoms with van der Waals surface area (Å²) < 4.78 is 11.1. The zero-order chi connectivity index (χ0) is 35.6. The minimum absolute atomic E-state index is 0.207. The van der Waals surface area contributed by atoms with Gasteiger partial charge in [-0.1, -0.05) is 155 Å². The molecule has 276 valence electrons. The van der Waals surface area contributed by atoms with Crippen molar-refractivity contribution in [3.05, 3.63) is 109 Å². The van der Waals surface area contributed by atoms with E-state index >= 15 is 0 Å². The fourth-order valence-corrected chi connectivity index (χ4v) is 4.71. The van der Waals surface area contributed by atoms with Crippen molar-refractivity contribution in [1.29, 1.82) is 0 Å². The van der Waals surface area contributed by atoms with Crippen molar-refractivity contribution in [3.8, 4) is 0 Å². The van der Waals surface area contributed by atoms with Crippen LogP contribution in [-0.2, 0) is 14.3 Å². The summed E-state index contributed by atoms with van der Waals surface area (Å²) in [4.78, 5) is 12.2. The van der Waals surface area contributed by atoms with Gasteiger partial charge in [-0.25, -0.2) is 0 Å². The molecule has 4 heteroatoms. The minimum Gasteiger partial charge on any atom is -0.457 e. The van der Waals surface area contributed by atoms with Crippen LogP contribution in [0, 0.1) is 0 Å². The van der Waals surface area contributed by atoms with Crippen LogP contribution >= 0.6 is 0 Å².